The lowest BCUT2D eigenvalue weighted by Gasteiger charge is -2.12. The summed E-state index contributed by atoms with van der Waals surface area (Å²) in [5.74, 6) is -1.94. The quantitative estimate of drug-likeness (QED) is 0.736. The molecule has 9 heteroatoms. The first-order chi connectivity index (χ1) is 9.67. The molecule has 1 unspecified atom stereocenters. The average molecular weight is 306 g/mol. The van der Waals surface area contributed by atoms with Crippen LogP contribution in [-0.4, -0.2) is 35.8 Å². The topological polar surface area (TPSA) is 102 Å². The molecule has 0 bridgehead atoms. The molecule has 0 spiro atoms. The second-order valence-corrected chi connectivity index (χ2v) is 4.12. The number of halogens is 3. The fraction of sp³-hybridized carbons (Fsp3) is 0.333. The van der Waals surface area contributed by atoms with E-state index >= 15 is 0 Å². The van der Waals surface area contributed by atoms with Crippen LogP contribution in [0, 0.1) is 0 Å². The van der Waals surface area contributed by atoms with Crippen molar-refractivity contribution >= 4 is 17.6 Å². The molecule has 1 atom stereocenters. The van der Waals surface area contributed by atoms with E-state index in [2.05, 4.69) is 10.1 Å². The predicted molar refractivity (Wildman–Crippen MR) is 66.8 cm³/mol. The number of benzene rings is 1. The van der Waals surface area contributed by atoms with Crippen LogP contribution in [0.15, 0.2) is 24.3 Å². The maximum Gasteiger partial charge on any atom is 0.422 e. The zero-order chi connectivity index (χ0) is 16.0. The first kappa shape index (κ1) is 16.8. The molecule has 0 aliphatic rings. The summed E-state index contributed by atoms with van der Waals surface area (Å²) in [4.78, 5) is 21.9. The van der Waals surface area contributed by atoms with E-state index in [1.165, 1.54) is 24.3 Å². The molecule has 1 amide bonds. The number of hydrogen-bond donors (Lipinski definition) is 3. The summed E-state index contributed by atoms with van der Waals surface area (Å²) >= 11 is 0. The molecular weight excluding hydrogens is 293 g/mol. The van der Waals surface area contributed by atoms with Crippen LogP contribution in [0.5, 0.6) is 5.75 Å². The molecule has 21 heavy (non-hydrogen) atoms. The number of rotatable bonds is 6. The van der Waals surface area contributed by atoms with Crippen LogP contribution in [0.4, 0.5) is 18.9 Å². The number of carbonyl (C=O) groups is 2. The number of nitrogens with two attached hydrogens (primary N) is 1. The van der Waals surface area contributed by atoms with E-state index in [0.717, 1.165) is 0 Å². The first-order valence-electron chi connectivity index (χ1n) is 5.75. The van der Waals surface area contributed by atoms with Crippen molar-refractivity contribution < 1.29 is 32.6 Å². The largest absolute Gasteiger partial charge is 0.484 e. The van der Waals surface area contributed by atoms with Gasteiger partial charge in [-0.05, 0) is 24.3 Å². The van der Waals surface area contributed by atoms with E-state index < -0.39 is 37.1 Å². The normalized spacial score (nSPS) is 12.6. The van der Waals surface area contributed by atoms with Gasteiger partial charge >= 0.3 is 12.1 Å². The van der Waals surface area contributed by atoms with Crippen molar-refractivity contribution in [3.63, 3.8) is 0 Å². The van der Waals surface area contributed by atoms with Crippen LogP contribution in [0.25, 0.3) is 0 Å². The van der Waals surface area contributed by atoms with Crippen LogP contribution in [0.3, 0.4) is 0 Å². The maximum atomic E-state index is 11.9. The number of carboxylic acid groups (broad SMARTS) is 1. The Morgan fingerprint density at radius 2 is 1.86 bits per heavy atom. The van der Waals surface area contributed by atoms with E-state index in [-0.39, 0.29) is 11.4 Å². The number of hydrogen-bond acceptors (Lipinski definition) is 4. The molecule has 0 aliphatic heterocycles. The molecule has 0 fully saturated rings. The van der Waals surface area contributed by atoms with Crippen LogP contribution in [0.2, 0.25) is 0 Å². The van der Waals surface area contributed by atoms with Crippen LogP contribution < -0.4 is 15.8 Å². The van der Waals surface area contributed by atoms with Gasteiger partial charge in [-0.3, -0.25) is 9.59 Å². The average Bonchev–Trinajstić information content (AvgIpc) is 2.36. The highest BCUT2D eigenvalue weighted by Crippen LogP contribution is 2.20. The SMILES string of the molecule is NC(CC(=O)O)C(=O)Nc1ccc(OCC(F)(F)F)cc1. The highest BCUT2D eigenvalue weighted by Gasteiger charge is 2.28. The van der Waals surface area contributed by atoms with Crippen molar-refractivity contribution in [1.29, 1.82) is 0 Å². The van der Waals surface area contributed by atoms with E-state index in [1.807, 2.05) is 0 Å². The minimum atomic E-state index is -4.43. The molecule has 116 valence electrons. The third-order valence-electron chi connectivity index (χ3n) is 2.26. The Balaban J connectivity index is 2.54. The van der Waals surface area contributed by atoms with E-state index in [4.69, 9.17) is 10.8 Å². The first-order valence-corrected chi connectivity index (χ1v) is 5.75. The van der Waals surface area contributed by atoms with Gasteiger partial charge in [-0.15, -0.1) is 0 Å². The van der Waals surface area contributed by atoms with E-state index in [1.54, 1.807) is 0 Å². The smallest absolute Gasteiger partial charge is 0.422 e. The van der Waals surface area contributed by atoms with Crippen molar-refractivity contribution in [3.8, 4) is 5.75 Å². The summed E-state index contributed by atoms with van der Waals surface area (Å²) in [7, 11) is 0. The Labute approximate surface area is 117 Å². The van der Waals surface area contributed by atoms with Gasteiger partial charge in [-0.1, -0.05) is 0 Å². The van der Waals surface area contributed by atoms with Gasteiger partial charge in [0.25, 0.3) is 0 Å². The molecule has 0 aliphatic carbocycles. The molecule has 0 aromatic heterocycles. The Kier molecular flexibility index (Phi) is 5.53. The van der Waals surface area contributed by atoms with Crippen LogP contribution in [0.1, 0.15) is 6.42 Å². The lowest BCUT2D eigenvalue weighted by atomic mass is 10.2. The van der Waals surface area contributed by atoms with Gasteiger partial charge in [-0.2, -0.15) is 13.2 Å². The van der Waals surface area contributed by atoms with Gasteiger partial charge < -0.3 is 20.9 Å². The molecular formula is C12H13F3N2O4. The number of amides is 1. The molecule has 0 heterocycles. The highest BCUT2D eigenvalue weighted by atomic mass is 19.4. The van der Waals surface area contributed by atoms with Crippen molar-refractivity contribution in [3.05, 3.63) is 24.3 Å². The van der Waals surface area contributed by atoms with Crippen LogP contribution in [-0.2, 0) is 9.59 Å². The summed E-state index contributed by atoms with van der Waals surface area (Å²) in [6.07, 6.45) is -4.96. The lowest BCUT2D eigenvalue weighted by molar-refractivity contribution is -0.153. The molecule has 0 saturated heterocycles. The maximum absolute atomic E-state index is 11.9. The minimum Gasteiger partial charge on any atom is -0.484 e. The zero-order valence-corrected chi connectivity index (χ0v) is 10.7. The number of carboxylic acids is 1. The van der Waals surface area contributed by atoms with Crippen LogP contribution >= 0.6 is 0 Å². The Bertz CT molecular complexity index is 502. The van der Waals surface area contributed by atoms with Crippen molar-refractivity contribution in [2.24, 2.45) is 5.73 Å². The second kappa shape index (κ2) is 6.93. The fourth-order valence-corrected chi connectivity index (χ4v) is 1.32. The molecule has 0 saturated carbocycles. The Morgan fingerprint density at radius 3 is 2.33 bits per heavy atom. The molecule has 0 radical (unpaired) electrons. The number of carbonyl (C=O) groups excluding carboxylic acids is 1. The number of anilines is 1. The predicted octanol–water partition coefficient (Wildman–Crippen LogP) is 1.37. The summed E-state index contributed by atoms with van der Waals surface area (Å²) in [6, 6.07) is 3.89. The van der Waals surface area contributed by atoms with Gasteiger partial charge in [0, 0.05) is 5.69 Å². The highest BCUT2D eigenvalue weighted by molar-refractivity contribution is 5.96. The molecule has 6 nitrogen and oxygen atoms in total. The van der Waals surface area contributed by atoms with E-state index in [9.17, 15) is 22.8 Å². The summed E-state index contributed by atoms with van der Waals surface area (Å²) in [6.45, 7) is -1.41. The third kappa shape index (κ3) is 6.61. The van der Waals surface area contributed by atoms with Crippen molar-refractivity contribution in [2.75, 3.05) is 11.9 Å². The Morgan fingerprint density at radius 1 is 1.29 bits per heavy atom. The number of ether oxygens (including phenoxy) is 1. The zero-order valence-electron chi connectivity index (χ0n) is 10.7. The van der Waals surface area contributed by atoms with Gasteiger partial charge in [0.05, 0.1) is 12.5 Å². The fourth-order valence-electron chi connectivity index (χ4n) is 1.32. The van der Waals surface area contributed by atoms with E-state index in [0.29, 0.717) is 0 Å². The summed E-state index contributed by atoms with van der Waals surface area (Å²) < 4.78 is 40.3. The third-order valence-corrected chi connectivity index (χ3v) is 2.26. The minimum absolute atomic E-state index is 0.0137. The monoisotopic (exact) mass is 306 g/mol. The van der Waals surface area contributed by atoms with Crippen molar-refractivity contribution in [2.45, 2.75) is 18.6 Å². The number of alkyl halides is 3. The summed E-state index contributed by atoms with van der Waals surface area (Å²) in [5, 5.41) is 10.8. The van der Waals surface area contributed by atoms with Crippen molar-refractivity contribution in [1.82, 2.24) is 0 Å². The van der Waals surface area contributed by atoms with Gasteiger partial charge in [-0.25, -0.2) is 0 Å². The molecule has 1 rings (SSSR count). The standard InChI is InChI=1S/C12H13F3N2O4/c13-12(14,15)6-21-8-3-1-7(2-4-8)17-11(20)9(16)5-10(18)19/h1-4,9H,5-6,16H2,(H,17,20)(H,18,19). The summed E-state index contributed by atoms with van der Waals surface area (Å²) in [5.41, 5.74) is 5.61. The molecule has 1 aromatic carbocycles. The van der Waals surface area contributed by atoms with Gasteiger partial charge in [0.15, 0.2) is 6.61 Å². The Hall–Kier alpha value is -2.29. The van der Waals surface area contributed by atoms with Gasteiger partial charge in [0.2, 0.25) is 5.91 Å². The molecule has 4 N–H and O–H groups in total. The second-order valence-electron chi connectivity index (χ2n) is 4.12. The lowest BCUT2D eigenvalue weighted by Crippen LogP contribution is -2.37. The number of aliphatic carboxylic acids is 1. The van der Waals surface area contributed by atoms with Gasteiger partial charge in [0.1, 0.15) is 5.75 Å². The number of nitrogens with one attached hydrogen (secondary N) is 1. The molecule has 1 aromatic rings.